The Kier molecular flexibility index (Phi) is 2.28. The van der Waals surface area contributed by atoms with Crippen molar-refractivity contribution in [1.82, 2.24) is 10.2 Å². The van der Waals surface area contributed by atoms with Crippen LogP contribution in [0.15, 0.2) is 0 Å². The summed E-state index contributed by atoms with van der Waals surface area (Å²) < 4.78 is 0. The van der Waals surface area contributed by atoms with Crippen molar-refractivity contribution in [1.29, 1.82) is 0 Å². The number of carbonyl (C=O) groups is 1. The number of nitrogens with one attached hydrogen (secondary N) is 1. The van der Waals surface area contributed by atoms with E-state index in [2.05, 4.69) is 10.2 Å². The highest BCUT2D eigenvalue weighted by molar-refractivity contribution is 5.78. The minimum atomic E-state index is 0.120. The van der Waals surface area contributed by atoms with Gasteiger partial charge in [-0.05, 0) is 18.9 Å². The number of carbonyl (C=O) groups excluding carboxylic acids is 1. The quantitative estimate of drug-likeness (QED) is 0.673. The minimum absolute atomic E-state index is 0.120. The van der Waals surface area contributed by atoms with E-state index in [9.17, 15) is 4.79 Å². The predicted octanol–water partition coefficient (Wildman–Crippen LogP) is 0.463. The van der Waals surface area contributed by atoms with Gasteiger partial charge in [0.05, 0.1) is 0 Å². The zero-order valence-electron chi connectivity index (χ0n) is 8.42. The van der Waals surface area contributed by atoms with Gasteiger partial charge in [0.25, 0.3) is 0 Å². The Morgan fingerprint density at radius 3 is 2.69 bits per heavy atom. The molecule has 0 saturated carbocycles. The molecule has 0 spiro atoms. The Morgan fingerprint density at radius 1 is 1.46 bits per heavy atom. The molecule has 0 aromatic carbocycles. The lowest BCUT2D eigenvalue weighted by Crippen LogP contribution is -2.44. The molecule has 0 radical (unpaired) electrons. The number of piperidine rings is 1. The molecule has 3 atom stereocenters. The van der Waals surface area contributed by atoms with Gasteiger partial charge < -0.3 is 10.2 Å². The summed E-state index contributed by atoms with van der Waals surface area (Å²) in [6, 6.07) is 0.434. The summed E-state index contributed by atoms with van der Waals surface area (Å²) in [5.74, 6) is 1.05. The zero-order chi connectivity index (χ0) is 9.42. The third-order valence-corrected chi connectivity index (χ3v) is 3.18. The fraction of sp³-hybridized carbons (Fsp3) is 0.900. The van der Waals surface area contributed by atoms with Crippen molar-refractivity contribution in [2.75, 3.05) is 19.6 Å². The zero-order valence-corrected chi connectivity index (χ0v) is 8.42. The maximum atomic E-state index is 11.4. The van der Waals surface area contributed by atoms with Crippen molar-refractivity contribution < 1.29 is 4.79 Å². The minimum Gasteiger partial charge on any atom is -0.352 e. The first-order chi connectivity index (χ1) is 6.16. The molecule has 74 valence electrons. The van der Waals surface area contributed by atoms with Crippen LogP contribution in [0, 0.1) is 11.8 Å². The van der Waals surface area contributed by atoms with Crippen LogP contribution in [-0.4, -0.2) is 36.5 Å². The molecular weight excluding hydrogens is 164 g/mol. The highest BCUT2D eigenvalue weighted by atomic mass is 16.1. The van der Waals surface area contributed by atoms with Crippen LogP contribution in [0.5, 0.6) is 0 Å². The molecule has 3 heteroatoms. The van der Waals surface area contributed by atoms with Crippen LogP contribution in [0.4, 0.5) is 0 Å². The Hall–Kier alpha value is -0.570. The van der Waals surface area contributed by atoms with Gasteiger partial charge in [0.15, 0.2) is 0 Å². The molecule has 1 N–H and O–H groups in total. The molecule has 3 nitrogen and oxygen atoms in total. The van der Waals surface area contributed by atoms with Gasteiger partial charge in [-0.2, -0.15) is 0 Å². The van der Waals surface area contributed by atoms with Crippen LogP contribution in [0.2, 0.25) is 0 Å². The molecule has 2 heterocycles. The molecule has 2 bridgehead atoms. The van der Waals surface area contributed by atoms with Crippen LogP contribution in [0.25, 0.3) is 0 Å². The summed E-state index contributed by atoms with van der Waals surface area (Å²) >= 11 is 0. The average molecular weight is 182 g/mol. The van der Waals surface area contributed by atoms with E-state index >= 15 is 0 Å². The highest BCUT2D eigenvalue weighted by Crippen LogP contribution is 2.27. The normalized spacial score (nSPS) is 37.0. The van der Waals surface area contributed by atoms with Crippen LogP contribution in [0.1, 0.15) is 20.3 Å². The standard InChI is InChI=1S/C10H18N2O/c1-7(2)10(13)11-9-6-12-4-3-8(9)5-12/h7-9H,3-6H2,1-2H3,(H,11,13)/t8-,9+/m0/s1. The van der Waals surface area contributed by atoms with E-state index in [4.69, 9.17) is 0 Å². The summed E-state index contributed by atoms with van der Waals surface area (Å²) in [6.45, 7) is 7.40. The second-order valence-electron chi connectivity index (χ2n) is 4.58. The van der Waals surface area contributed by atoms with E-state index in [0.29, 0.717) is 6.04 Å². The van der Waals surface area contributed by atoms with Gasteiger partial charge in [-0.15, -0.1) is 0 Å². The summed E-state index contributed by atoms with van der Waals surface area (Å²) in [5.41, 5.74) is 0. The van der Waals surface area contributed by atoms with Gasteiger partial charge >= 0.3 is 0 Å². The van der Waals surface area contributed by atoms with E-state index in [0.717, 1.165) is 12.5 Å². The second kappa shape index (κ2) is 3.29. The van der Waals surface area contributed by atoms with Crippen molar-refractivity contribution in [2.24, 2.45) is 11.8 Å². The van der Waals surface area contributed by atoms with E-state index in [-0.39, 0.29) is 11.8 Å². The Morgan fingerprint density at radius 2 is 2.23 bits per heavy atom. The number of hydrogen-bond acceptors (Lipinski definition) is 2. The third kappa shape index (κ3) is 1.70. The van der Waals surface area contributed by atoms with Crippen LogP contribution in [-0.2, 0) is 4.79 Å². The molecule has 2 aliphatic heterocycles. The summed E-state index contributed by atoms with van der Waals surface area (Å²) in [7, 11) is 0. The summed E-state index contributed by atoms with van der Waals surface area (Å²) in [4.78, 5) is 13.9. The van der Waals surface area contributed by atoms with Crippen LogP contribution >= 0.6 is 0 Å². The molecule has 2 aliphatic rings. The molecule has 0 aromatic heterocycles. The number of hydrogen-bond donors (Lipinski definition) is 1. The predicted molar refractivity (Wildman–Crippen MR) is 51.3 cm³/mol. The lowest BCUT2D eigenvalue weighted by Gasteiger charge is -2.23. The number of fused-ring (bicyclic) bond motifs is 2. The molecule has 1 unspecified atom stereocenters. The van der Waals surface area contributed by atoms with E-state index in [1.54, 1.807) is 0 Å². The average Bonchev–Trinajstić information content (AvgIpc) is 2.64. The molecule has 13 heavy (non-hydrogen) atoms. The maximum Gasteiger partial charge on any atom is 0.222 e. The Balaban J connectivity index is 1.86. The lowest BCUT2D eigenvalue weighted by molar-refractivity contribution is -0.125. The fourth-order valence-electron chi connectivity index (χ4n) is 2.30. The van der Waals surface area contributed by atoms with Gasteiger partial charge in [0.1, 0.15) is 0 Å². The molecule has 2 fully saturated rings. The van der Waals surface area contributed by atoms with E-state index < -0.39 is 0 Å². The van der Waals surface area contributed by atoms with E-state index in [1.165, 1.54) is 19.5 Å². The first-order valence-corrected chi connectivity index (χ1v) is 5.19. The smallest absolute Gasteiger partial charge is 0.222 e. The van der Waals surface area contributed by atoms with Crippen molar-refractivity contribution >= 4 is 5.91 Å². The van der Waals surface area contributed by atoms with Crippen molar-refractivity contribution in [3.63, 3.8) is 0 Å². The Bertz CT molecular complexity index is 215. The highest BCUT2D eigenvalue weighted by Gasteiger charge is 2.38. The Labute approximate surface area is 79.5 Å². The first kappa shape index (κ1) is 9.00. The van der Waals surface area contributed by atoms with E-state index in [1.807, 2.05) is 13.8 Å². The van der Waals surface area contributed by atoms with Gasteiger partial charge in [-0.25, -0.2) is 0 Å². The number of amides is 1. The van der Waals surface area contributed by atoms with Crippen molar-refractivity contribution in [3.05, 3.63) is 0 Å². The second-order valence-corrected chi connectivity index (χ2v) is 4.58. The van der Waals surface area contributed by atoms with Gasteiger partial charge in [0, 0.05) is 25.0 Å². The maximum absolute atomic E-state index is 11.4. The fourth-order valence-corrected chi connectivity index (χ4v) is 2.30. The molecule has 0 aliphatic carbocycles. The number of rotatable bonds is 2. The summed E-state index contributed by atoms with van der Waals surface area (Å²) in [6.07, 6.45) is 1.27. The lowest BCUT2D eigenvalue weighted by atomic mass is 9.99. The van der Waals surface area contributed by atoms with Gasteiger partial charge in [-0.1, -0.05) is 13.8 Å². The van der Waals surface area contributed by atoms with Crippen LogP contribution in [0.3, 0.4) is 0 Å². The molecular formula is C10H18N2O. The van der Waals surface area contributed by atoms with Crippen molar-refractivity contribution in [2.45, 2.75) is 26.3 Å². The molecule has 1 amide bonds. The van der Waals surface area contributed by atoms with Crippen LogP contribution < -0.4 is 5.32 Å². The molecule has 2 rings (SSSR count). The van der Waals surface area contributed by atoms with Gasteiger partial charge in [0.2, 0.25) is 5.91 Å². The molecule has 2 saturated heterocycles. The topological polar surface area (TPSA) is 32.3 Å². The number of nitrogens with zero attached hydrogens (tertiary/aromatic N) is 1. The largest absolute Gasteiger partial charge is 0.352 e. The monoisotopic (exact) mass is 182 g/mol. The third-order valence-electron chi connectivity index (χ3n) is 3.18. The van der Waals surface area contributed by atoms with Crippen molar-refractivity contribution in [3.8, 4) is 0 Å². The first-order valence-electron chi connectivity index (χ1n) is 5.19. The molecule has 0 aromatic rings. The van der Waals surface area contributed by atoms with Gasteiger partial charge in [-0.3, -0.25) is 4.79 Å². The SMILES string of the molecule is CC(C)C(=O)N[C@@H]1CN2CC[C@H]1C2. The summed E-state index contributed by atoms with van der Waals surface area (Å²) in [5, 5.41) is 3.13.